The van der Waals surface area contributed by atoms with Gasteiger partial charge in [-0.05, 0) is 45.0 Å². The van der Waals surface area contributed by atoms with Gasteiger partial charge < -0.3 is 9.73 Å². The number of furan rings is 1. The summed E-state index contributed by atoms with van der Waals surface area (Å²) in [5, 5.41) is 3.79. The van der Waals surface area contributed by atoms with Crippen molar-refractivity contribution in [3.8, 4) is 0 Å². The first-order valence-electron chi connectivity index (χ1n) is 7.65. The fourth-order valence-electron chi connectivity index (χ4n) is 3.25. The first kappa shape index (κ1) is 14.6. The number of rotatable bonds is 6. The lowest BCUT2D eigenvalue weighted by atomic mass is 9.83. The standard InChI is InChI=1S/C16H28N2O/c1-4-13-8-5-6-9-14(13)17-12-15(18(2)3)16-10-7-11-19-16/h7,10-11,13-15,17H,4-6,8-9,12H2,1-3H3. The molecular formula is C16H28N2O. The average molecular weight is 264 g/mol. The maximum Gasteiger partial charge on any atom is 0.122 e. The fourth-order valence-corrected chi connectivity index (χ4v) is 3.25. The average Bonchev–Trinajstić information content (AvgIpc) is 2.93. The SMILES string of the molecule is CCC1CCCCC1NCC(c1ccco1)N(C)C. The molecule has 19 heavy (non-hydrogen) atoms. The zero-order valence-corrected chi connectivity index (χ0v) is 12.6. The van der Waals surface area contributed by atoms with Gasteiger partial charge in [0.15, 0.2) is 0 Å². The van der Waals surface area contributed by atoms with Gasteiger partial charge in [-0.2, -0.15) is 0 Å². The van der Waals surface area contributed by atoms with Crippen LogP contribution in [0.15, 0.2) is 22.8 Å². The predicted molar refractivity (Wildman–Crippen MR) is 79.2 cm³/mol. The first-order valence-corrected chi connectivity index (χ1v) is 7.65. The Hall–Kier alpha value is -0.800. The van der Waals surface area contributed by atoms with Gasteiger partial charge in [0.1, 0.15) is 5.76 Å². The van der Waals surface area contributed by atoms with Crippen LogP contribution in [-0.2, 0) is 0 Å². The molecule has 2 rings (SSSR count). The van der Waals surface area contributed by atoms with Gasteiger partial charge >= 0.3 is 0 Å². The van der Waals surface area contributed by atoms with Crippen molar-refractivity contribution in [3.63, 3.8) is 0 Å². The first-order chi connectivity index (χ1) is 9.22. The molecule has 0 spiro atoms. The molecule has 3 unspecified atom stereocenters. The topological polar surface area (TPSA) is 28.4 Å². The van der Waals surface area contributed by atoms with Crippen LogP contribution in [0.1, 0.15) is 50.8 Å². The fraction of sp³-hybridized carbons (Fsp3) is 0.750. The number of nitrogens with one attached hydrogen (secondary N) is 1. The molecule has 0 saturated heterocycles. The maximum atomic E-state index is 5.57. The predicted octanol–water partition coefficient (Wildman–Crippen LogP) is 3.44. The Morgan fingerprint density at radius 3 is 2.79 bits per heavy atom. The Labute approximate surface area is 117 Å². The van der Waals surface area contributed by atoms with Crippen molar-refractivity contribution in [3.05, 3.63) is 24.2 Å². The number of hydrogen-bond acceptors (Lipinski definition) is 3. The molecule has 1 fully saturated rings. The van der Waals surface area contributed by atoms with E-state index in [0.717, 1.165) is 18.2 Å². The molecule has 0 radical (unpaired) electrons. The summed E-state index contributed by atoms with van der Waals surface area (Å²) in [5.74, 6) is 1.91. The summed E-state index contributed by atoms with van der Waals surface area (Å²) in [4.78, 5) is 2.23. The van der Waals surface area contributed by atoms with Crippen molar-refractivity contribution in [2.75, 3.05) is 20.6 Å². The molecule has 1 aliphatic carbocycles. The minimum absolute atomic E-state index is 0.328. The van der Waals surface area contributed by atoms with Crippen molar-refractivity contribution in [1.82, 2.24) is 10.2 Å². The van der Waals surface area contributed by atoms with Crippen LogP contribution in [0.2, 0.25) is 0 Å². The normalized spacial score (nSPS) is 25.7. The molecule has 1 aromatic rings. The van der Waals surface area contributed by atoms with E-state index < -0.39 is 0 Å². The number of hydrogen-bond donors (Lipinski definition) is 1. The minimum atomic E-state index is 0.328. The highest BCUT2D eigenvalue weighted by Gasteiger charge is 2.25. The molecule has 0 bridgehead atoms. The lowest BCUT2D eigenvalue weighted by molar-refractivity contribution is 0.206. The van der Waals surface area contributed by atoms with Crippen LogP contribution in [0, 0.1) is 5.92 Å². The maximum absolute atomic E-state index is 5.57. The summed E-state index contributed by atoms with van der Waals surface area (Å²) in [6.07, 6.45) is 8.57. The molecule has 3 heteroatoms. The van der Waals surface area contributed by atoms with Gasteiger partial charge in [-0.3, -0.25) is 4.90 Å². The van der Waals surface area contributed by atoms with Crippen molar-refractivity contribution >= 4 is 0 Å². The van der Waals surface area contributed by atoms with Gasteiger partial charge in [0, 0.05) is 12.6 Å². The molecule has 1 saturated carbocycles. The van der Waals surface area contributed by atoms with Crippen molar-refractivity contribution in [1.29, 1.82) is 0 Å². The third kappa shape index (κ3) is 3.83. The highest BCUT2D eigenvalue weighted by molar-refractivity contribution is 5.05. The van der Waals surface area contributed by atoms with Gasteiger partial charge in [0.2, 0.25) is 0 Å². The number of nitrogens with zero attached hydrogens (tertiary/aromatic N) is 1. The Kier molecular flexibility index (Phi) is 5.46. The van der Waals surface area contributed by atoms with Gasteiger partial charge in [-0.25, -0.2) is 0 Å². The molecule has 0 aliphatic heterocycles. The van der Waals surface area contributed by atoms with Gasteiger partial charge in [-0.15, -0.1) is 0 Å². The molecular weight excluding hydrogens is 236 g/mol. The second kappa shape index (κ2) is 7.11. The van der Waals surface area contributed by atoms with Crippen LogP contribution < -0.4 is 5.32 Å². The van der Waals surface area contributed by atoms with Crippen LogP contribution in [0.5, 0.6) is 0 Å². The highest BCUT2D eigenvalue weighted by atomic mass is 16.3. The lowest BCUT2D eigenvalue weighted by Gasteiger charge is -2.33. The van der Waals surface area contributed by atoms with Gasteiger partial charge in [0.25, 0.3) is 0 Å². The summed E-state index contributed by atoms with van der Waals surface area (Å²) >= 11 is 0. The second-order valence-electron chi connectivity index (χ2n) is 5.96. The Morgan fingerprint density at radius 1 is 1.37 bits per heavy atom. The number of likely N-dealkylation sites (N-methyl/N-ethyl adjacent to an activating group) is 1. The Morgan fingerprint density at radius 2 is 2.16 bits per heavy atom. The van der Waals surface area contributed by atoms with Gasteiger partial charge in [0.05, 0.1) is 12.3 Å². The van der Waals surface area contributed by atoms with Crippen molar-refractivity contribution < 1.29 is 4.42 Å². The molecule has 0 aromatic carbocycles. The molecule has 1 aromatic heterocycles. The molecule has 3 atom stereocenters. The van der Waals surface area contributed by atoms with E-state index in [0.29, 0.717) is 12.1 Å². The van der Waals surface area contributed by atoms with E-state index in [1.807, 2.05) is 6.07 Å². The van der Waals surface area contributed by atoms with E-state index in [4.69, 9.17) is 4.42 Å². The highest BCUT2D eigenvalue weighted by Crippen LogP contribution is 2.27. The Balaban J connectivity index is 1.91. The monoisotopic (exact) mass is 264 g/mol. The van der Waals surface area contributed by atoms with E-state index in [1.54, 1.807) is 6.26 Å². The van der Waals surface area contributed by atoms with E-state index >= 15 is 0 Å². The summed E-state index contributed by atoms with van der Waals surface area (Å²) in [6, 6.07) is 5.07. The third-order valence-electron chi connectivity index (χ3n) is 4.50. The van der Waals surface area contributed by atoms with Crippen LogP contribution in [0.3, 0.4) is 0 Å². The van der Waals surface area contributed by atoms with Crippen LogP contribution >= 0.6 is 0 Å². The van der Waals surface area contributed by atoms with Gasteiger partial charge in [-0.1, -0.05) is 26.2 Å². The van der Waals surface area contributed by atoms with Crippen LogP contribution in [0.4, 0.5) is 0 Å². The molecule has 1 N–H and O–H groups in total. The molecule has 0 amide bonds. The van der Waals surface area contributed by atoms with Crippen molar-refractivity contribution in [2.24, 2.45) is 5.92 Å². The molecule has 1 aliphatic rings. The summed E-state index contributed by atoms with van der Waals surface area (Å²) in [7, 11) is 4.24. The minimum Gasteiger partial charge on any atom is -0.468 e. The van der Waals surface area contributed by atoms with E-state index in [1.165, 1.54) is 32.1 Å². The van der Waals surface area contributed by atoms with Crippen LogP contribution in [-0.4, -0.2) is 31.6 Å². The summed E-state index contributed by atoms with van der Waals surface area (Å²) < 4.78 is 5.57. The quantitative estimate of drug-likeness (QED) is 0.853. The Bertz CT molecular complexity index is 348. The molecule has 1 heterocycles. The van der Waals surface area contributed by atoms with Crippen molar-refractivity contribution in [2.45, 2.75) is 51.1 Å². The largest absolute Gasteiger partial charge is 0.468 e. The molecule has 108 valence electrons. The van der Waals surface area contributed by atoms with E-state index in [9.17, 15) is 0 Å². The summed E-state index contributed by atoms with van der Waals surface area (Å²) in [6.45, 7) is 3.29. The third-order valence-corrected chi connectivity index (χ3v) is 4.50. The summed E-state index contributed by atoms with van der Waals surface area (Å²) in [5.41, 5.74) is 0. The zero-order chi connectivity index (χ0) is 13.7. The smallest absolute Gasteiger partial charge is 0.122 e. The lowest BCUT2D eigenvalue weighted by Crippen LogP contribution is -2.42. The van der Waals surface area contributed by atoms with E-state index in [2.05, 4.69) is 37.3 Å². The molecule has 3 nitrogen and oxygen atoms in total. The second-order valence-corrected chi connectivity index (χ2v) is 5.96. The van der Waals surface area contributed by atoms with Crippen LogP contribution in [0.25, 0.3) is 0 Å². The van der Waals surface area contributed by atoms with E-state index in [-0.39, 0.29) is 0 Å². The zero-order valence-electron chi connectivity index (χ0n) is 12.6.